The molecule has 0 unspecified atom stereocenters. The summed E-state index contributed by atoms with van der Waals surface area (Å²) < 4.78 is 36.6. The third kappa shape index (κ3) is 3.95. The van der Waals surface area contributed by atoms with Crippen LogP contribution < -0.4 is 0 Å². The van der Waals surface area contributed by atoms with Gasteiger partial charge >= 0.3 is 0 Å². The molecule has 0 atom stereocenters. The number of nitrogens with zero attached hydrogens (tertiary/aromatic N) is 1. The van der Waals surface area contributed by atoms with Gasteiger partial charge in [0.05, 0.1) is 17.1 Å². The van der Waals surface area contributed by atoms with Crippen molar-refractivity contribution in [3.8, 4) is 0 Å². The molecule has 23 heavy (non-hydrogen) atoms. The van der Waals surface area contributed by atoms with Gasteiger partial charge in [-0.15, -0.1) is 0 Å². The zero-order valence-electron chi connectivity index (χ0n) is 12.9. The van der Waals surface area contributed by atoms with E-state index in [4.69, 9.17) is 9.29 Å². The summed E-state index contributed by atoms with van der Waals surface area (Å²) in [6, 6.07) is 0. The van der Waals surface area contributed by atoms with Crippen LogP contribution in [-0.4, -0.2) is 30.2 Å². The zero-order chi connectivity index (χ0) is 16.3. The minimum Gasteiger partial charge on any atom is -0.457 e. The molecule has 6 heteroatoms. The molecule has 0 aromatic rings. The van der Waals surface area contributed by atoms with E-state index in [-0.39, 0.29) is 5.75 Å². The van der Waals surface area contributed by atoms with Crippen LogP contribution in [0.1, 0.15) is 32.1 Å². The highest BCUT2D eigenvalue weighted by atomic mass is 32.2. The summed E-state index contributed by atoms with van der Waals surface area (Å²) in [4.78, 5) is 2.21. The third-order valence-corrected chi connectivity index (χ3v) is 4.83. The molecule has 1 aliphatic heterocycles. The second kappa shape index (κ2) is 6.76. The maximum atomic E-state index is 10.9. The Morgan fingerprint density at radius 2 is 2.00 bits per heavy atom. The van der Waals surface area contributed by atoms with E-state index in [9.17, 15) is 8.42 Å². The lowest BCUT2D eigenvalue weighted by molar-refractivity contribution is 0.227. The summed E-state index contributed by atoms with van der Waals surface area (Å²) in [5, 5.41) is 0. The standard InChI is InChI=1S/C17H21NO4S/c19-23(20,21)13-7-6-12-18-14-8-2-1-3-10-16(14)22-17-11-5-4-9-15(17)18/h1-3,8-9,11H,4-7,10,12-13H2,(H,19,20,21). The highest BCUT2D eigenvalue weighted by Crippen LogP contribution is 2.37. The number of hydrogen-bond donors (Lipinski definition) is 1. The molecule has 124 valence electrons. The predicted octanol–water partition coefficient (Wildman–Crippen LogP) is 3.28. The first kappa shape index (κ1) is 16.1. The van der Waals surface area contributed by atoms with E-state index in [2.05, 4.69) is 23.1 Å². The number of unbranched alkanes of at least 4 members (excludes halogenated alkanes) is 1. The summed E-state index contributed by atoms with van der Waals surface area (Å²) in [5.41, 5.74) is 2.10. The van der Waals surface area contributed by atoms with Crippen molar-refractivity contribution in [2.75, 3.05) is 12.3 Å². The van der Waals surface area contributed by atoms with E-state index in [0.29, 0.717) is 19.4 Å². The van der Waals surface area contributed by atoms with Gasteiger partial charge in [0.1, 0.15) is 11.5 Å². The molecule has 1 heterocycles. The van der Waals surface area contributed by atoms with Crippen molar-refractivity contribution >= 4 is 10.1 Å². The van der Waals surface area contributed by atoms with Crippen LogP contribution in [0.25, 0.3) is 0 Å². The highest BCUT2D eigenvalue weighted by molar-refractivity contribution is 7.85. The van der Waals surface area contributed by atoms with E-state index >= 15 is 0 Å². The normalized spacial score (nSPS) is 20.3. The van der Waals surface area contributed by atoms with E-state index < -0.39 is 10.1 Å². The Balaban J connectivity index is 1.79. The Hall–Kier alpha value is -1.79. The Labute approximate surface area is 137 Å². The number of ether oxygens (including phenoxy) is 1. The monoisotopic (exact) mass is 335 g/mol. The van der Waals surface area contributed by atoms with Crippen molar-refractivity contribution < 1.29 is 17.7 Å². The topological polar surface area (TPSA) is 66.8 Å². The van der Waals surface area contributed by atoms with Crippen LogP contribution in [0, 0.1) is 0 Å². The second-order valence-corrected chi connectivity index (χ2v) is 7.35. The molecule has 0 amide bonds. The lowest BCUT2D eigenvalue weighted by atomic mass is 10.1. The molecule has 3 aliphatic rings. The van der Waals surface area contributed by atoms with Gasteiger partial charge in [0.2, 0.25) is 0 Å². The fourth-order valence-corrected chi connectivity index (χ4v) is 3.54. The van der Waals surface area contributed by atoms with Gasteiger partial charge < -0.3 is 9.64 Å². The summed E-state index contributed by atoms with van der Waals surface area (Å²) in [6.07, 6.45) is 16.2. The molecule has 0 bridgehead atoms. The Morgan fingerprint density at radius 1 is 1.17 bits per heavy atom. The van der Waals surface area contributed by atoms with E-state index in [1.54, 1.807) is 0 Å². The smallest absolute Gasteiger partial charge is 0.264 e. The number of fused-ring (bicyclic) bond motifs is 1. The molecular weight excluding hydrogens is 314 g/mol. The summed E-state index contributed by atoms with van der Waals surface area (Å²) in [6.45, 7) is 0.700. The first-order chi connectivity index (χ1) is 11.0. The van der Waals surface area contributed by atoms with Crippen LogP contribution in [0.2, 0.25) is 0 Å². The molecular formula is C17H21NO4S. The third-order valence-electron chi connectivity index (χ3n) is 4.03. The SMILES string of the molecule is O=S(=O)(O)CCCCN1C2=CCCC=C2OC2=C1C=CC=CC2. The number of rotatable bonds is 5. The fourth-order valence-electron chi connectivity index (χ4n) is 2.97. The minimum atomic E-state index is -3.88. The molecule has 0 spiro atoms. The van der Waals surface area contributed by atoms with E-state index in [0.717, 1.165) is 42.2 Å². The van der Waals surface area contributed by atoms with Crippen LogP contribution in [0.5, 0.6) is 0 Å². The minimum absolute atomic E-state index is 0.192. The Kier molecular flexibility index (Phi) is 4.73. The molecule has 0 saturated heterocycles. The van der Waals surface area contributed by atoms with Gasteiger partial charge in [-0.2, -0.15) is 8.42 Å². The molecule has 0 fully saturated rings. The molecule has 1 N–H and O–H groups in total. The maximum absolute atomic E-state index is 10.9. The van der Waals surface area contributed by atoms with Gasteiger partial charge in [0.15, 0.2) is 0 Å². The Bertz CT molecular complexity index is 726. The van der Waals surface area contributed by atoms with Crippen molar-refractivity contribution in [1.29, 1.82) is 0 Å². The average molecular weight is 335 g/mol. The van der Waals surface area contributed by atoms with Crippen molar-refractivity contribution in [3.63, 3.8) is 0 Å². The first-order valence-electron chi connectivity index (χ1n) is 7.92. The fraction of sp³-hybridized carbons (Fsp3) is 0.412. The van der Waals surface area contributed by atoms with E-state index in [1.165, 1.54) is 0 Å². The van der Waals surface area contributed by atoms with Gasteiger partial charge in [0.25, 0.3) is 10.1 Å². The summed E-state index contributed by atoms with van der Waals surface area (Å²) in [7, 11) is -3.88. The first-order valence-corrected chi connectivity index (χ1v) is 9.53. The van der Waals surface area contributed by atoms with Crippen LogP contribution in [0.4, 0.5) is 0 Å². The molecule has 0 aromatic heterocycles. The molecule has 0 radical (unpaired) electrons. The van der Waals surface area contributed by atoms with Gasteiger partial charge in [0, 0.05) is 13.0 Å². The summed E-state index contributed by atoms with van der Waals surface area (Å²) >= 11 is 0. The summed E-state index contributed by atoms with van der Waals surface area (Å²) in [5.74, 6) is 1.63. The van der Waals surface area contributed by atoms with Gasteiger partial charge in [-0.3, -0.25) is 4.55 Å². The van der Waals surface area contributed by atoms with Crippen LogP contribution >= 0.6 is 0 Å². The van der Waals surface area contributed by atoms with Crippen molar-refractivity contribution in [2.24, 2.45) is 0 Å². The molecule has 0 saturated carbocycles. The van der Waals surface area contributed by atoms with Gasteiger partial charge in [-0.05, 0) is 37.8 Å². The maximum Gasteiger partial charge on any atom is 0.264 e. The zero-order valence-corrected chi connectivity index (χ0v) is 13.8. The van der Waals surface area contributed by atoms with Crippen LogP contribution in [0.3, 0.4) is 0 Å². The highest BCUT2D eigenvalue weighted by Gasteiger charge is 2.28. The quantitative estimate of drug-likeness (QED) is 0.617. The lowest BCUT2D eigenvalue weighted by Gasteiger charge is -2.37. The largest absolute Gasteiger partial charge is 0.457 e. The molecule has 3 rings (SSSR count). The van der Waals surface area contributed by atoms with Crippen LogP contribution in [0.15, 0.2) is 59.4 Å². The van der Waals surface area contributed by atoms with E-state index in [1.807, 2.05) is 18.2 Å². The predicted molar refractivity (Wildman–Crippen MR) is 88.8 cm³/mol. The number of hydrogen-bond acceptors (Lipinski definition) is 4. The van der Waals surface area contributed by atoms with Crippen molar-refractivity contribution in [2.45, 2.75) is 32.1 Å². The second-order valence-electron chi connectivity index (χ2n) is 5.78. The molecule has 5 nitrogen and oxygen atoms in total. The molecule has 0 aromatic carbocycles. The van der Waals surface area contributed by atoms with Crippen LogP contribution in [-0.2, 0) is 14.9 Å². The molecule has 2 aliphatic carbocycles. The lowest BCUT2D eigenvalue weighted by Crippen LogP contribution is -2.31. The van der Waals surface area contributed by atoms with Gasteiger partial charge in [-0.25, -0.2) is 0 Å². The Morgan fingerprint density at radius 3 is 2.83 bits per heavy atom. The average Bonchev–Trinajstić information content (AvgIpc) is 2.74. The van der Waals surface area contributed by atoms with Crippen molar-refractivity contribution in [3.05, 3.63) is 59.4 Å². The number of allylic oxidation sites excluding steroid dienone is 6. The van der Waals surface area contributed by atoms with Crippen molar-refractivity contribution in [1.82, 2.24) is 4.90 Å². The van der Waals surface area contributed by atoms with Gasteiger partial charge in [-0.1, -0.05) is 24.3 Å².